The van der Waals surface area contributed by atoms with E-state index in [4.69, 9.17) is 5.26 Å². The number of hydrogen-bond donors (Lipinski definition) is 2. The van der Waals surface area contributed by atoms with Crippen LogP contribution in [-0.4, -0.2) is 21.9 Å². The van der Waals surface area contributed by atoms with Gasteiger partial charge >= 0.3 is 6.18 Å². The van der Waals surface area contributed by atoms with Gasteiger partial charge in [0.15, 0.2) is 11.7 Å². The lowest BCUT2D eigenvalue weighted by molar-refractivity contribution is -0.173. The number of nitrogens with one attached hydrogen (secondary N) is 2. The summed E-state index contributed by atoms with van der Waals surface area (Å²) in [5.74, 6) is -0.467. The average Bonchev–Trinajstić information content (AvgIpc) is 3.21. The van der Waals surface area contributed by atoms with E-state index in [-0.39, 0.29) is 17.9 Å². The molecule has 0 saturated heterocycles. The third kappa shape index (κ3) is 5.00. The van der Waals surface area contributed by atoms with Crippen LogP contribution < -0.4 is 10.6 Å². The molecule has 1 aliphatic heterocycles. The summed E-state index contributed by atoms with van der Waals surface area (Å²) in [6.07, 6.45) is -3.87. The Kier molecular flexibility index (Phi) is 6.09. The summed E-state index contributed by atoms with van der Waals surface area (Å²) in [6, 6.07) is 15.3. The molecule has 6 nitrogen and oxygen atoms in total. The Morgan fingerprint density at radius 1 is 1.24 bits per heavy atom. The number of alkyl halides is 3. The van der Waals surface area contributed by atoms with E-state index in [1.54, 1.807) is 30.3 Å². The summed E-state index contributed by atoms with van der Waals surface area (Å²) in [6.45, 7) is 1.91. The van der Waals surface area contributed by atoms with Crippen molar-refractivity contribution in [1.29, 1.82) is 5.26 Å². The number of carbonyl (C=O) groups excluding carboxylic acids is 1. The zero-order valence-corrected chi connectivity index (χ0v) is 17.9. The van der Waals surface area contributed by atoms with Crippen LogP contribution in [0.2, 0.25) is 0 Å². The maximum Gasteiger partial charge on any atom is 0.410 e. The molecular formula is C24H22F3N5O. The molecule has 0 radical (unpaired) electrons. The van der Waals surface area contributed by atoms with Gasteiger partial charge in [-0.15, -0.1) is 0 Å². The first-order valence-electron chi connectivity index (χ1n) is 10.5. The highest BCUT2D eigenvalue weighted by molar-refractivity contribution is 6.03. The van der Waals surface area contributed by atoms with Gasteiger partial charge in [0.1, 0.15) is 5.82 Å². The normalized spacial score (nSPS) is 17.5. The Labute approximate surface area is 189 Å². The molecule has 4 rings (SSSR count). The van der Waals surface area contributed by atoms with Crippen LogP contribution in [0.5, 0.6) is 0 Å². The summed E-state index contributed by atoms with van der Waals surface area (Å²) in [5, 5.41) is 18.5. The number of benzene rings is 2. The summed E-state index contributed by atoms with van der Waals surface area (Å²) >= 11 is 0. The molecule has 3 aromatic rings. The second-order valence-corrected chi connectivity index (χ2v) is 8.07. The topological polar surface area (TPSA) is 82.7 Å². The zero-order chi connectivity index (χ0) is 23.6. The second-order valence-electron chi connectivity index (χ2n) is 8.07. The molecule has 1 amide bonds. The fourth-order valence-electron chi connectivity index (χ4n) is 3.90. The summed E-state index contributed by atoms with van der Waals surface area (Å²) in [5.41, 5.74) is 3.00. The van der Waals surface area contributed by atoms with Crippen molar-refractivity contribution < 1.29 is 18.0 Å². The minimum atomic E-state index is -4.52. The Hall–Kier alpha value is -3.80. The summed E-state index contributed by atoms with van der Waals surface area (Å²) in [4.78, 5) is 12.8. The minimum Gasteiger partial charge on any atom is -0.363 e. The molecular weight excluding hydrogens is 431 g/mol. The van der Waals surface area contributed by atoms with Gasteiger partial charge in [0.05, 0.1) is 12.1 Å². The van der Waals surface area contributed by atoms with Crippen LogP contribution in [0.3, 0.4) is 0 Å². The maximum absolute atomic E-state index is 13.9. The first-order chi connectivity index (χ1) is 15.7. The molecule has 2 atom stereocenters. The molecule has 0 aliphatic carbocycles. The van der Waals surface area contributed by atoms with Crippen LogP contribution in [0.4, 0.5) is 24.7 Å². The van der Waals surface area contributed by atoms with Gasteiger partial charge in [0.2, 0.25) is 0 Å². The average molecular weight is 453 g/mol. The van der Waals surface area contributed by atoms with Crippen molar-refractivity contribution in [2.24, 2.45) is 0 Å². The van der Waals surface area contributed by atoms with Gasteiger partial charge in [-0.3, -0.25) is 4.79 Å². The van der Waals surface area contributed by atoms with Crippen molar-refractivity contribution in [3.05, 3.63) is 77.0 Å². The third-order valence-corrected chi connectivity index (χ3v) is 5.61. The zero-order valence-electron chi connectivity index (χ0n) is 17.9. The molecule has 2 heterocycles. The van der Waals surface area contributed by atoms with Crippen molar-refractivity contribution in [3.63, 3.8) is 0 Å². The molecule has 33 heavy (non-hydrogen) atoms. The lowest BCUT2D eigenvalue weighted by Crippen LogP contribution is -2.35. The van der Waals surface area contributed by atoms with Crippen molar-refractivity contribution in [2.75, 3.05) is 10.6 Å². The molecule has 1 aromatic heterocycles. The van der Waals surface area contributed by atoms with E-state index in [1.807, 2.05) is 25.1 Å². The lowest BCUT2D eigenvalue weighted by Gasteiger charge is -2.33. The maximum atomic E-state index is 13.9. The SMILES string of the molecule is Cc1ccc(C2CC(C(F)(F)F)n3nc(C(=O)Nc4cccc(CCC#N)c4)cc3N2)cc1. The van der Waals surface area contributed by atoms with Crippen molar-refractivity contribution in [3.8, 4) is 6.07 Å². The van der Waals surface area contributed by atoms with Crippen LogP contribution in [-0.2, 0) is 6.42 Å². The molecule has 0 bridgehead atoms. The number of aromatic nitrogens is 2. The number of nitrogens with zero attached hydrogens (tertiary/aromatic N) is 3. The fraction of sp³-hybridized carbons (Fsp3) is 0.292. The Morgan fingerprint density at radius 2 is 2.00 bits per heavy atom. The minimum absolute atomic E-state index is 0.112. The molecule has 0 spiro atoms. The number of aryl methyl sites for hydroxylation is 2. The Balaban J connectivity index is 1.59. The van der Waals surface area contributed by atoms with Crippen LogP contribution in [0.25, 0.3) is 0 Å². The highest BCUT2D eigenvalue weighted by atomic mass is 19.4. The van der Waals surface area contributed by atoms with Crippen molar-refractivity contribution in [1.82, 2.24) is 9.78 Å². The molecule has 170 valence electrons. The van der Waals surface area contributed by atoms with Gasteiger partial charge in [0, 0.05) is 24.6 Å². The molecule has 0 saturated carbocycles. The predicted molar refractivity (Wildman–Crippen MR) is 118 cm³/mol. The van der Waals surface area contributed by atoms with E-state index < -0.39 is 24.2 Å². The Bertz CT molecular complexity index is 1190. The lowest BCUT2D eigenvalue weighted by atomic mass is 9.96. The first-order valence-corrected chi connectivity index (χ1v) is 10.5. The molecule has 9 heteroatoms. The van der Waals surface area contributed by atoms with Gasteiger partial charge < -0.3 is 10.6 Å². The van der Waals surface area contributed by atoms with Gasteiger partial charge in [0.25, 0.3) is 5.91 Å². The van der Waals surface area contributed by atoms with E-state index in [1.165, 1.54) is 6.07 Å². The van der Waals surface area contributed by atoms with E-state index in [9.17, 15) is 18.0 Å². The van der Waals surface area contributed by atoms with Crippen LogP contribution in [0.1, 0.15) is 52.1 Å². The number of rotatable bonds is 5. The fourth-order valence-corrected chi connectivity index (χ4v) is 3.90. The molecule has 1 aliphatic rings. The molecule has 0 fully saturated rings. The van der Waals surface area contributed by atoms with E-state index >= 15 is 0 Å². The number of carbonyl (C=O) groups is 1. The van der Waals surface area contributed by atoms with E-state index in [0.717, 1.165) is 21.4 Å². The Morgan fingerprint density at radius 3 is 2.70 bits per heavy atom. The third-order valence-electron chi connectivity index (χ3n) is 5.61. The van der Waals surface area contributed by atoms with Gasteiger partial charge in [-0.25, -0.2) is 4.68 Å². The van der Waals surface area contributed by atoms with E-state index in [2.05, 4.69) is 21.8 Å². The highest BCUT2D eigenvalue weighted by Crippen LogP contribution is 2.43. The van der Waals surface area contributed by atoms with Crippen LogP contribution in [0, 0.1) is 18.3 Å². The molecule has 2 N–H and O–H groups in total. The number of fused-ring (bicyclic) bond motifs is 1. The highest BCUT2D eigenvalue weighted by Gasteiger charge is 2.46. The number of nitriles is 1. The number of amides is 1. The second kappa shape index (κ2) is 8.98. The molecule has 2 unspecified atom stereocenters. The van der Waals surface area contributed by atoms with Crippen LogP contribution >= 0.6 is 0 Å². The quantitative estimate of drug-likeness (QED) is 0.530. The predicted octanol–water partition coefficient (Wildman–Crippen LogP) is 5.56. The first kappa shape index (κ1) is 22.4. The molecule has 2 aromatic carbocycles. The standard InChI is InChI=1S/C24H22F3N5O/c1-15-7-9-17(10-8-15)19-13-21(24(25,26)27)32-22(30-19)14-20(31-32)23(33)29-18-6-2-4-16(12-18)5-3-11-28/h2,4,6-10,12,14,19,21,30H,3,5,13H2,1H3,(H,29,33). The summed E-state index contributed by atoms with van der Waals surface area (Å²) < 4.78 is 42.4. The number of hydrogen-bond acceptors (Lipinski definition) is 4. The number of halogens is 3. The largest absolute Gasteiger partial charge is 0.410 e. The smallest absolute Gasteiger partial charge is 0.363 e. The van der Waals surface area contributed by atoms with Crippen molar-refractivity contribution >= 4 is 17.4 Å². The summed E-state index contributed by atoms with van der Waals surface area (Å²) in [7, 11) is 0. The van der Waals surface area contributed by atoms with Crippen molar-refractivity contribution in [2.45, 2.75) is 44.4 Å². The van der Waals surface area contributed by atoms with Crippen LogP contribution in [0.15, 0.2) is 54.6 Å². The number of anilines is 2. The van der Waals surface area contributed by atoms with Gasteiger partial charge in [-0.05, 0) is 36.6 Å². The monoisotopic (exact) mass is 453 g/mol. The van der Waals surface area contributed by atoms with E-state index in [0.29, 0.717) is 18.5 Å². The van der Waals surface area contributed by atoms with Gasteiger partial charge in [-0.2, -0.15) is 23.5 Å². The van der Waals surface area contributed by atoms with Gasteiger partial charge in [-0.1, -0.05) is 42.0 Å².